The first-order valence-electron chi connectivity index (χ1n) is 10.5. The molecule has 2 N–H and O–H groups in total. The van der Waals surface area contributed by atoms with E-state index in [-0.39, 0.29) is 23.8 Å². The lowest BCUT2D eigenvalue weighted by Gasteiger charge is -2.44. The molecule has 3 heterocycles. The fraction of sp³-hybridized carbons (Fsp3) is 0.455. The van der Waals surface area contributed by atoms with Crippen molar-refractivity contribution in [3.8, 4) is 0 Å². The van der Waals surface area contributed by atoms with Crippen LogP contribution in [0.2, 0.25) is 0 Å². The lowest BCUT2D eigenvalue weighted by molar-refractivity contribution is -0.140. The zero-order valence-corrected chi connectivity index (χ0v) is 17.1. The summed E-state index contributed by atoms with van der Waals surface area (Å²) < 4.78 is 45.4. The number of aromatic amines is 1. The third kappa shape index (κ3) is 3.87. The molecular formula is C22H24F3N5O. The molecule has 1 aliphatic carbocycles. The summed E-state index contributed by atoms with van der Waals surface area (Å²) in [6, 6.07) is 9.42. The van der Waals surface area contributed by atoms with E-state index in [0.717, 1.165) is 37.6 Å². The Morgan fingerprint density at radius 2 is 2.06 bits per heavy atom. The van der Waals surface area contributed by atoms with Gasteiger partial charge in [-0.15, -0.1) is 0 Å². The Bertz CT molecular complexity index is 1080. The number of fused-ring (bicyclic) bond motifs is 2. The number of rotatable bonds is 3. The minimum atomic E-state index is -4.47. The number of alkyl halides is 3. The number of H-pyrrole nitrogens is 1. The Morgan fingerprint density at radius 3 is 2.87 bits per heavy atom. The van der Waals surface area contributed by atoms with Crippen LogP contribution in [-0.4, -0.2) is 51.7 Å². The van der Waals surface area contributed by atoms with Crippen LogP contribution in [-0.2, 0) is 17.3 Å². The Morgan fingerprint density at radius 1 is 1.23 bits per heavy atom. The standard InChI is InChI=1S/C22H24F3N5O/c1-13-11-30(8-9-31-13)17-7-6-14-4-2-3-5-15(14)19(17)29-21-16-10-18(22(23,24)25)28-20(16)26-12-27-21/h2-5,10,12-13,17,19H,6-9,11H2,1H3,(H2,26,27,28,29)/t13-,17+,19+/m1/s1. The van der Waals surface area contributed by atoms with Crippen LogP contribution in [0.4, 0.5) is 19.0 Å². The summed E-state index contributed by atoms with van der Waals surface area (Å²) in [5.41, 5.74) is 1.77. The topological polar surface area (TPSA) is 66.1 Å². The molecule has 2 aromatic heterocycles. The summed E-state index contributed by atoms with van der Waals surface area (Å²) in [5, 5.41) is 3.83. The second-order valence-electron chi connectivity index (χ2n) is 8.27. The quantitative estimate of drug-likeness (QED) is 0.652. The third-order valence-electron chi connectivity index (χ3n) is 6.25. The van der Waals surface area contributed by atoms with Gasteiger partial charge in [-0.05, 0) is 37.0 Å². The Kier molecular flexibility index (Phi) is 5.10. The molecule has 5 rings (SSSR count). The molecule has 31 heavy (non-hydrogen) atoms. The number of halogens is 3. The highest BCUT2D eigenvalue weighted by Crippen LogP contribution is 2.38. The van der Waals surface area contributed by atoms with E-state index in [2.05, 4.69) is 44.2 Å². The zero-order chi connectivity index (χ0) is 21.6. The molecule has 1 fully saturated rings. The van der Waals surface area contributed by atoms with Crippen LogP contribution in [0.25, 0.3) is 11.0 Å². The van der Waals surface area contributed by atoms with Crippen LogP contribution < -0.4 is 5.32 Å². The van der Waals surface area contributed by atoms with E-state index in [1.54, 1.807) is 0 Å². The van der Waals surface area contributed by atoms with Gasteiger partial charge in [-0.1, -0.05) is 24.3 Å². The first-order valence-corrected chi connectivity index (χ1v) is 10.5. The van der Waals surface area contributed by atoms with E-state index in [1.807, 2.05) is 12.1 Å². The zero-order valence-electron chi connectivity index (χ0n) is 17.1. The van der Waals surface area contributed by atoms with Gasteiger partial charge in [-0.2, -0.15) is 13.2 Å². The fourth-order valence-electron chi connectivity index (χ4n) is 4.81. The number of benzene rings is 1. The van der Waals surface area contributed by atoms with Crippen LogP contribution in [0.3, 0.4) is 0 Å². The number of morpholine rings is 1. The minimum Gasteiger partial charge on any atom is -0.376 e. The van der Waals surface area contributed by atoms with Gasteiger partial charge >= 0.3 is 6.18 Å². The first-order chi connectivity index (χ1) is 14.9. The highest BCUT2D eigenvalue weighted by molar-refractivity contribution is 5.88. The average molecular weight is 431 g/mol. The van der Waals surface area contributed by atoms with Crippen LogP contribution in [0, 0.1) is 0 Å². The van der Waals surface area contributed by atoms with Crippen molar-refractivity contribution in [1.29, 1.82) is 0 Å². The molecule has 0 bridgehead atoms. The highest BCUT2D eigenvalue weighted by Gasteiger charge is 2.37. The van der Waals surface area contributed by atoms with Crippen molar-refractivity contribution in [1.82, 2.24) is 19.9 Å². The summed E-state index contributed by atoms with van der Waals surface area (Å²) >= 11 is 0. The normalized spacial score (nSPS) is 24.8. The van der Waals surface area contributed by atoms with Gasteiger partial charge < -0.3 is 15.0 Å². The summed E-state index contributed by atoms with van der Waals surface area (Å²) in [5.74, 6) is 0.407. The number of aromatic nitrogens is 3. The summed E-state index contributed by atoms with van der Waals surface area (Å²) in [6.45, 7) is 4.40. The largest absolute Gasteiger partial charge is 0.431 e. The molecular weight excluding hydrogens is 407 g/mol. The van der Waals surface area contributed by atoms with E-state index in [9.17, 15) is 13.2 Å². The Hall–Kier alpha value is -2.65. The van der Waals surface area contributed by atoms with Gasteiger partial charge in [0.05, 0.1) is 24.1 Å². The van der Waals surface area contributed by atoms with Crippen LogP contribution in [0.15, 0.2) is 36.7 Å². The number of hydrogen-bond donors (Lipinski definition) is 2. The number of nitrogens with zero attached hydrogens (tertiary/aromatic N) is 3. The van der Waals surface area contributed by atoms with Gasteiger partial charge in [0, 0.05) is 19.1 Å². The van der Waals surface area contributed by atoms with Crippen molar-refractivity contribution < 1.29 is 17.9 Å². The fourth-order valence-corrected chi connectivity index (χ4v) is 4.81. The van der Waals surface area contributed by atoms with Crippen molar-refractivity contribution in [2.75, 3.05) is 25.0 Å². The lowest BCUT2D eigenvalue weighted by Crippen LogP contribution is -2.51. The maximum atomic E-state index is 13.2. The van der Waals surface area contributed by atoms with E-state index in [0.29, 0.717) is 17.8 Å². The van der Waals surface area contributed by atoms with Crippen molar-refractivity contribution in [3.05, 3.63) is 53.5 Å². The van der Waals surface area contributed by atoms with E-state index >= 15 is 0 Å². The van der Waals surface area contributed by atoms with E-state index < -0.39 is 11.9 Å². The smallest absolute Gasteiger partial charge is 0.376 e. The monoisotopic (exact) mass is 431 g/mol. The van der Waals surface area contributed by atoms with E-state index in [4.69, 9.17) is 4.74 Å². The predicted octanol–water partition coefficient (Wildman–Crippen LogP) is 4.17. The Labute approximate surface area is 177 Å². The first kappa shape index (κ1) is 20.3. The van der Waals surface area contributed by atoms with Gasteiger partial charge in [0.25, 0.3) is 0 Å². The molecule has 3 atom stereocenters. The molecule has 0 saturated carbocycles. The molecule has 0 radical (unpaired) electrons. The number of hydrogen-bond acceptors (Lipinski definition) is 5. The van der Waals surface area contributed by atoms with Gasteiger partial charge in [0.15, 0.2) is 0 Å². The minimum absolute atomic E-state index is 0.0995. The van der Waals surface area contributed by atoms with Crippen LogP contribution in [0.5, 0.6) is 0 Å². The van der Waals surface area contributed by atoms with E-state index in [1.165, 1.54) is 11.9 Å². The number of anilines is 1. The van der Waals surface area contributed by atoms with Crippen LogP contribution in [0.1, 0.15) is 36.2 Å². The van der Waals surface area contributed by atoms with Gasteiger partial charge in [0.1, 0.15) is 23.5 Å². The second kappa shape index (κ2) is 7.80. The molecule has 9 heteroatoms. The molecule has 6 nitrogen and oxygen atoms in total. The SMILES string of the molecule is C[C@@H]1CN([C@H]2CCc3ccccc3[C@@H]2Nc2ncnc3[nH]c(C(F)(F)F)cc23)CCO1. The van der Waals surface area contributed by atoms with Crippen molar-refractivity contribution >= 4 is 16.9 Å². The molecule has 1 aromatic carbocycles. The van der Waals surface area contributed by atoms with Crippen LogP contribution >= 0.6 is 0 Å². The molecule has 1 saturated heterocycles. The maximum Gasteiger partial charge on any atom is 0.431 e. The molecule has 1 aliphatic heterocycles. The highest BCUT2D eigenvalue weighted by atomic mass is 19.4. The van der Waals surface area contributed by atoms with Gasteiger partial charge in [0.2, 0.25) is 0 Å². The lowest BCUT2D eigenvalue weighted by atomic mass is 9.83. The molecule has 0 amide bonds. The summed E-state index contributed by atoms with van der Waals surface area (Å²) in [4.78, 5) is 13.1. The number of ether oxygens (including phenoxy) is 1. The maximum absolute atomic E-state index is 13.2. The molecule has 164 valence electrons. The average Bonchev–Trinajstić information content (AvgIpc) is 3.20. The van der Waals surface area contributed by atoms with Gasteiger partial charge in [-0.25, -0.2) is 9.97 Å². The predicted molar refractivity (Wildman–Crippen MR) is 111 cm³/mol. The molecule has 3 aromatic rings. The van der Waals surface area contributed by atoms with Crippen molar-refractivity contribution in [2.24, 2.45) is 0 Å². The molecule has 0 spiro atoms. The number of nitrogens with one attached hydrogen (secondary N) is 2. The molecule has 0 unspecified atom stereocenters. The summed E-state index contributed by atoms with van der Waals surface area (Å²) in [6.07, 6.45) is -1.11. The van der Waals surface area contributed by atoms with Crippen molar-refractivity contribution in [2.45, 2.75) is 44.1 Å². The Balaban J connectivity index is 1.54. The van der Waals surface area contributed by atoms with Gasteiger partial charge in [-0.3, -0.25) is 4.90 Å². The summed E-state index contributed by atoms with van der Waals surface area (Å²) in [7, 11) is 0. The third-order valence-corrected chi connectivity index (χ3v) is 6.25. The van der Waals surface area contributed by atoms with Crippen molar-refractivity contribution in [3.63, 3.8) is 0 Å². The second-order valence-corrected chi connectivity index (χ2v) is 8.27. The molecule has 2 aliphatic rings. The number of aryl methyl sites for hydroxylation is 1.